The van der Waals surface area contributed by atoms with Crippen molar-refractivity contribution in [2.75, 3.05) is 6.61 Å². The molecule has 0 spiro atoms. The summed E-state index contributed by atoms with van der Waals surface area (Å²) in [5.74, 6) is 0.0413. The molecule has 0 bridgehead atoms. The summed E-state index contributed by atoms with van der Waals surface area (Å²) in [6.07, 6.45) is 4.42. The molecule has 5 nitrogen and oxygen atoms in total. The predicted octanol–water partition coefficient (Wildman–Crippen LogP) is 6.83. The third kappa shape index (κ3) is 7.73. The van der Waals surface area contributed by atoms with Crippen LogP contribution in [0.4, 0.5) is 0 Å². The minimum atomic E-state index is -0.767. The van der Waals surface area contributed by atoms with E-state index in [1.54, 1.807) is 35.2 Å². The maximum Gasteiger partial charge on any atom is 0.261 e. The van der Waals surface area contributed by atoms with E-state index in [1.807, 2.05) is 42.5 Å². The van der Waals surface area contributed by atoms with Crippen molar-refractivity contribution >= 4 is 50.9 Å². The van der Waals surface area contributed by atoms with Gasteiger partial charge in [0.15, 0.2) is 6.61 Å². The topological polar surface area (TPSA) is 58.6 Å². The van der Waals surface area contributed by atoms with Crippen LogP contribution in [0.15, 0.2) is 77.3 Å². The van der Waals surface area contributed by atoms with Crippen LogP contribution < -0.4 is 10.1 Å². The number of halogens is 3. The highest BCUT2D eigenvalue weighted by Crippen LogP contribution is 2.28. The van der Waals surface area contributed by atoms with Gasteiger partial charge in [-0.25, -0.2) is 0 Å². The number of rotatable bonds is 10. The second kappa shape index (κ2) is 13.3. The molecule has 0 heterocycles. The summed E-state index contributed by atoms with van der Waals surface area (Å²) in [5.41, 5.74) is 1.54. The fourth-order valence-electron chi connectivity index (χ4n) is 4.53. The third-order valence-electron chi connectivity index (χ3n) is 6.54. The van der Waals surface area contributed by atoms with E-state index < -0.39 is 6.04 Å². The van der Waals surface area contributed by atoms with Crippen molar-refractivity contribution in [3.63, 3.8) is 0 Å². The average Bonchev–Trinajstić information content (AvgIpc) is 3.40. The molecule has 0 aliphatic heterocycles. The summed E-state index contributed by atoms with van der Waals surface area (Å²) in [6.45, 7) is -0.150. The molecule has 194 valence electrons. The maximum absolute atomic E-state index is 13.7. The number of nitrogens with zero attached hydrogens (tertiary/aromatic N) is 1. The van der Waals surface area contributed by atoms with Gasteiger partial charge in [0.05, 0.1) is 0 Å². The van der Waals surface area contributed by atoms with Crippen LogP contribution in [0.5, 0.6) is 5.75 Å². The fraction of sp³-hybridized carbons (Fsp3) is 0.310. The Kier molecular flexibility index (Phi) is 9.89. The lowest BCUT2D eigenvalue weighted by atomic mass is 10.0. The van der Waals surface area contributed by atoms with E-state index in [-0.39, 0.29) is 31.0 Å². The first-order valence-corrected chi connectivity index (χ1v) is 13.9. The molecule has 1 saturated carbocycles. The Morgan fingerprint density at radius 3 is 2.24 bits per heavy atom. The number of hydrogen-bond acceptors (Lipinski definition) is 3. The molecule has 8 heteroatoms. The van der Waals surface area contributed by atoms with Crippen molar-refractivity contribution in [3.05, 3.63) is 98.4 Å². The van der Waals surface area contributed by atoms with Crippen LogP contribution >= 0.6 is 39.1 Å². The summed E-state index contributed by atoms with van der Waals surface area (Å²) < 4.78 is 6.72. The quantitative estimate of drug-likeness (QED) is 0.276. The molecule has 1 atom stereocenters. The van der Waals surface area contributed by atoms with Crippen LogP contribution in [-0.4, -0.2) is 35.4 Å². The number of nitrogens with one attached hydrogen (secondary N) is 1. The highest BCUT2D eigenvalue weighted by molar-refractivity contribution is 9.10. The normalized spacial score (nSPS) is 14.2. The molecular formula is C29H29BrCl2N2O3. The van der Waals surface area contributed by atoms with E-state index >= 15 is 0 Å². The number of carbonyl (C=O) groups excluding carboxylic acids is 2. The Bertz CT molecular complexity index is 1180. The van der Waals surface area contributed by atoms with Gasteiger partial charge in [0.2, 0.25) is 5.91 Å². The summed E-state index contributed by atoms with van der Waals surface area (Å²) >= 11 is 16.4. The average molecular weight is 604 g/mol. The minimum Gasteiger partial charge on any atom is -0.484 e. The van der Waals surface area contributed by atoms with Gasteiger partial charge in [-0.2, -0.15) is 0 Å². The molecule has 3 aromatic carbocycles. The van der Waals surface area contributed by atoms with Crippen molar-refractivity contribution in [2.45, 2.75) is 50.7 Å². The van der Waals surface area contributed by atoms with Crippen LogP contribution in [0.25, 0.3) is 0 Å². The third-order valence-corrected chi connectivity index (χ3v) is 7.78. The van der Waals surface area contributed by atoms with Gasteiger partial charge in [0.1, 0.15) is 11.8 Å². The molecule has 0 radical (unpaired) electrons. The molecule has 37 heavy (non-hydrogen) atoms. The summed E-state index contributed by atoms with van der Waals surface area (Å²) in [4.78, 5) is 29.0. The largest absolute Gasteiger partial charge is 0.484 e. The van der Waals surface area contributed by atoms with E-state index in [1.165, 1.54) is 0 Å². The number of amides is 2. The maximum atomic E-state index is 13.7. The van der Waals surface area contributed by atoms with Gasteiger partial charge in [-0.05, 0) is 54.8 Å². The van der Waals surface area contributed by atoms with E-state index in [2.05, 4.69) is 21.2 Å². The van der Waals surface area contributed by atoms with Gasteiger partial charge in [-0.1, -0.05) is 88.4 Å². The van der Waals surface area contributed by atoms with Gasteiger partial charge < -0.3 is 15.0 Å². The SMILES string of the molecule is O=C(NC1CCCC1)[C@@H](Cc1ccccc1)N(Cc1c(Cl)cccc1Cl)C(=O)COc1ccc(Br)cc1. The van der Waals surface area contributed by atoms with E-state index in [9.17, 15) is 9.59 Å². The van der Waals surface area contributed by atoms with Gasteiger partial charge >= 0.3 is 0 Å². The van der Waals surface area contributed by atoms with Crippen molar-refractivity contribution in [3.8, 4) is 5.75 Å². The van der Waals surface area contributed by atoms with Crippen molar-refractivity contribution in [1.29, 1.82) is 0 Å². The minimum absolute atomic E-state index is 0.0800. The standard InChI is InChI=1S/C29H29BrCl2N2O3/c30-21-13-15-23(16-14-21)37-19-28(35)34(18-24-25(31)11-6-12-26(24)32)27(17-20-7-2-1-3-8-20)29(36)33-22-9-4-5-10-22/h1-3,6-8,11-16,22,27H,4-5,9-10,17-19H2,(H,33,36)/t27-/m1/s1. The molecule has 0 saturated heterocycles. The highest BCUT2D eigenvalue weighted by atomic mass is 79.9. The summed E-state index contributed by atoms with van der Waals surface area (Å²) in [5, 5.41) is 4.06. The first-order valence-electron chi connectivity index (χ1n) is 12.4. The molecule has 0 unspecified atom stereocenters. The van der Waals surface area contributed by atoms with Crippen LogP contribution in [0.3, 0.4) is 0 Å². The predicted molar refractivity (Wildman–Crippen MR) is 151 cm³/mol. The van der Waals surface area contributed by atoms with Crippen molar-refractivity contribution in [1.82, 2.24) is 10.2 Å². The van der Waals surface area contributed by atoms with E-state index in [4.69, 9.17) is 27.9 Å². The number of hydrogen-bond donors (Lipinski definition) is 1. The van der Waals surface area contributed by atoms with Crippen molar-refractivity contribution < 1.29 is 14.3 Å². The second-order valence-electron chi connectivity index (χ2n) is 9.16. The van der Waals surface area contributed by atoms with Crippen molar-refractivity contribution in [2.24, 2.45) is 0 Å². The lowest BCUT2D eigenvalue weighted by Crippen LogP contribution is -2.53. The Morgan fingerprint density at radius 1 is 0.946 bits per heavy atom. The molecule has 3 aromatic rings. The number of benzene rings is 3. The molecule has 0 aromatic heterocycles. The molecule has 4 rings (SSSR count). The van der Waals surface area contributed by atoms with Crippen LogP contribution in [0.1, 0.15) is 36.8 Å². The molecule has 1 aliphatic carbocycles. The van der Waals surface area contributed by atoms with Crippen LogP contribution in [0.2, 0.25) is 10.0 Å². The number of carbonyl (C=O) groups is 2. The Hall–Kier alpha value is -2.54. The molecule has 1 aliphatic rings. The molecule has 1 N–H and O–H groups in total. The zero-order chi connectivity index (χ0) is 26.2. The number of ether oxygens (including phenoxy) is 1. The fourth-order valence-corrected chi connectivity index (χ4v) is 5.32. The summed E-state index contributed by atoms with van der Waals surface area (Å²) in [7, 11) is 0. The highest BCUT2D eigenvalue weighted by Gasteiger charge is 2.33. The van der Waals surface area contributed by atoms with Gasteiger partial charge in [-0.15, -0.1) is 0 Å². The molecular weight excluding hydrogens is 575 g/mol. The first-order chi connectivity index (χ1) is 17.9. The molecule has 2 amide bonds. The zero-order valence-corrected chi connectivity index (χ0v) is 23.4. The van der Waals surface area contributed by atoms with E-state index in [0.717, 1.165) is 35.7 Å². The van der Waals surface area contributed by atoms with Gasteiger partial charge in [-0.3, -0.25) is 9.59 Å². The Morgan fingerprint density at radius 2 is 1.59 bits per heavy atom. The monoisotopic (exact) mass is 602 g/mol. The van der Waals surface area contributed by atoms with Gasteiger partial charge in [0, 0.05) is 39.1 Å². The van der Waals surface area contributed by atoms with Gasteiger partial charge in [0.25, 0.3) is 5.91 Å². The molecule has 1 fully saturated rings. The lowest BCUT2D eigenvalue weighted by molar-refractivity contribution is -0.143. The van der Waals surface area contributed by atoms with E-state index in [0.29, 0.717) is 27.8 Å². The second-order valence-corrected chi connectivity index (χ2v) is 10.9. The first kappa shape index (κ1) is 27.5. The van der Waals surface area contributed by atoms with Crippen LogP contribution in [0, 0.1) is 0 Å². The lowest BCUT2D eigenvalue weighted by Gasteiger charge is -2.32. The smallest absolute Gasteiger partial charge is 0.261 e. The van der Waals surface area contributed by atoms with Crippen LogP contribution in [-0.2, 0) is 22.6 Å². The zero-order valence-electron chi connectivity index (χ0n) is 20.3. The summed E-state index contributed by atoms with van der Waals surface area (Å²) in [6, 6.07) is 21.5. The Labute approximate surface area is 236 Å². The Balaban J connectivity index is 1.64.